The Morgan fingerprint density at radius 3 is 2.86 bits per heavy atom. The van der Waals surface area contributed by atoms with Gasteiger partial charge in [-0.3, -0.25) is 0 Å². The average molecular weight is 191 g/mol. The lowest BCUT2D eigenvalue weighted by atomic mass is 9.99. The molecule has 0 amide bonds. The molecular weight excluding hydrogens is 172 g/mol. The summed E-state index contributed by atoms with van der Waals surface area (Å²) >= 11 is 0. The summed E-state index contributed by atoms with van der Waals surface area (Å²) in [5, 5.41) is 8.90. The molecule has 1 heteroatoms. The van der Waals surface area contributed by atoms with E-state index in [0.29, 0.717) is 0 Å². The first kappa shape index (κ1) is 11.3. The largest absolute Gasteiger partial charge is 0.396 e. The lowest BCUT2D eigenvalue weighted by Crippen LogP contribution is -1.97. The van der Waals surface area contributed by atoms with E-state index < -0.39 is 0 Å². The van der Waals surface area contributed by atoms with E-state index in [4.69, 9.17) is 5.11 Å². The summed E-state index contributed by atoms with van der Waals surface area (Å²) in [5.74, 6) is 0. The quantitative estimate of drug-likeness (QED) is 0.685. The molecule has 0 aliphatic heterocycles. The van der Waals surface area contributed by atoms with Gasteiger partial charge in [0.1, 0.15) is 0 Å². The van der Waals surface area contributed by atoms with Gasteiger partial charge in [0.2, 0.25) is 0 Å². The first-order chi connectivity index (χ1) is 6.88. The van der Waals surface area contributed by atoms with E-state index in [0.717, 1.165) is 12.8 Å². The molecule has 0 aliphatic carbocycles. The fraction of sp³-hybridized carbons (Fsp3) is 0.538. The Kier molecular flexibility index (Phi) is 5.31. The molecule has 14 heavy (non-hydrogen) atoms. The van der Waals surface area contributed by atoms with Crippen LogP contribution in [0.3, 0.4) is 0 Å². The molecule has 0 aromatic heterocycles. The minimum Gasteiger partial charge on any atom is -0.396 e. The SMILES string of the molecule is CCCCCc1[c]cccc1CCO. The molecule has 1 rings (SSSR count). The Bertz CT molecular complexity index is 255. The molecule has 1 aromatic carbocycles. The number of hydrogen-bond donors (Lipinski definition) is 1. The molecular formula is C13H19O. The Morgan fingerprint density at radius 2 is 2.14 bits per heavy atom. The van der Waals surface area contributed by atoms with Crippen LogP contribution < -0.4 is 0 Å². The van der Waals surface area contributed by atoms with Crippen LogP contribution in [0.15, 0.2) is 18.2 Å². The van der Waals surface area contributed by atoms with E-state index >= 15 is 0 Å². The molecule has 1 radical (unpaired) electrons. The van der Waals surface area contributed by atoms with E-state index in [9.17, 15) is 0 Å². The topological polar surface area (TPSA) is 20.2 Å². The number of hydrogen-bond acceptors (Lipinski definition) is 1. The minimum absolute atomic E-state index is 0.235. The predicted molar refractivity (Wildman–Crippen MR) is 59.3 cm³/mol. The van der Waals surface area contributed by atoms with Gasteiger partial charge in [-0.1, -0.05) is 38.0 Å². The van der Waals surface area contributed by atoms with Crippen molar-refractivity contribution < 1.29 is 5.11 Å². The molecule has 0 saturated carbocycles. The lowest BCUT2D eigenvalue weighted by Gasteiger charge is -2.06. The van der Waals surface area contributed by atoms with Gasteiger partial charge >= 0.3 is 0 Å². The highest BCUT2D eigenvalue weighted by molar-refractivity contribution is 5.26. The molecule has 1 aromatic rings. The standard InChI is InChI=1S/C13H19O/c1-2-3-4-7-12-8-5-6-9-13(12)10-11-14/h5-6,9,14H,2-4,7,10-11H2,1H3. The number of aryl methyl sites for hydroxylation is 1. The van der Waals surface area contributed by atoms with Gasteiger partial charge in [-0.25, -0.2) is 0 Å². The van der Waals surface area contributed by atoms with Crippen molar-refractivity contribution in [2.45, 2.75) is 39.0 Å². The Balaban J connectivity index is 2.55. The highest BCUT2D eigenvalue weighted by Crippen LogP contribution is 2.12. The van der Waals surface area contributed by atoms with Gasteiger partial charge in [-0.05, 0) is 36.5 Å². The third-order valence-corrected chi connectivity index (χ3v) is 2.45. The van der Waals surface area contributed by atoms with Crippen LogP contribution in [0.5, 0.6) is 0 Å². The molecule has 1 N–H and O–H groups in total. The van der Waals surface area contributed by atoms with E-state index in [1.165, 1.54) is 30.4 Å². The summed E-state index contributed by atoms with van der Waals surface area (Å²) in [4.78, 5) is 0. The van der Waals surface area contributed by atoms with Crippen LogP contribution in [0.1, 0.15) is 37.3 Å². The van der Waals surface area contributed by atoms with Crippen LogP contribution in [0.25, 0.3) is 0 Å². The predicted octanol–water partition coefficient (Wildman–Crippen LogP) is 2.75. The summed E-state index contributed by atoms with van der Waals surface area (Å²) < 4.78 is 0. The van der Waals surface area contributed by atoms with E-state index in [-0.39, 0.29) is 6.61 Å². The van der Waals surface area contributed by atoms with Crippen LogP contribution in [0, 0.1) is 6.07 Å². The van der Waals surface area contributed by atoms with Crippen molar-refractivity contribution in [2.75, 3.05) is 6.61 Å². The number of aliphatic hydroxyl groups is 1. The van der Waals surface area contributed by atoms with Gasteiger partial charge in [-0.2, -0.15) is 0 Å². The summed E-state index contributed by atoms with van der Waals surface area (Å²) in [6.45, 7) is 2.45. The van der Waals surface area contributed by atoms with Crippen molar-refractivity contribution in [3.8, 4) is 0 Å². The van der Waals surface area contributed by atoms with Crippen LogP contribution in [-0.2, 0) is 12.8 Å². The second-order valence-corrected chi connectivity index (χ2v) is 3.60. The number of rotatable bonds is 6. The maximum Gasteiger partial charge on any atom is 0.0471 e. The number of aliphatic hydroxyl groups excluding tert-OH is 1. The number of unbranched alkanes of at least 4 members (excludes halogenated alkanes) is 2. The van der Waals surface area contributed by atoms with Crippen molar-refractivity contribution in [2.24, 2.45) is 0 Å². The zero-order valence-corrected chi connectivity index (χ0v) is 8.92. The lowest BCUT2D eigenvalue weighted by molar-refractivity contribution is 0.299. The monoisotopic (exact) mass is 191 g/mol. The van der Waals surface area contributed by atoms with Crippen LogP contribution in [0.4, 0.5) is 0 Å². The van der Waals surface area contributed by atoms with Crippen LogP contribution in [0.2, 0.25) is 0 Å². The normalized spacial score (nSPS) is 10.4. The molecule has 0 aliphatic rings. The van der Waals surface area contributed by atoms with Gasteiger partial charge in [0.15, 0.2) is 0 Å². The average Bonchev–Trinajstić information content (AvgIpc) is 2.21. The van der Waals surface area contributed by atoms with Crippen molar-refractivity contribution in [1.29, 1.82) is 0 Å². The van der Waals surface area contributed by atoms with E-state index in [2.05, 4.69) is 19.1 Å². The zero-order valence-electron chi connectivity index (χ0n) is 8.92. The highest BCUT2D eigenvalue weighted by Gasteiger charge is 2.00. The first-order valence-corrected chi connectivity index (χ1v) is 5.47. The molecule has 0 bridgehead atoms. The van der Waals surface area contributed by atoms with Crippen molar-refractivity contribution in [3.05, 3.63) is 35.4 Å². The molecule has 0 heterocycles. The maximum absolute atomic E-state index is 8.90. The molecule has 1 nitrogen and oxygen atoms in total. The summed E-state index contributed by atoms with van der Waals surface area (Å²) in [6, 6.07) is 9.32. The summed E-state index contributed by atoms with van der Waals surface area (Å²) in [5.41, 5.74) is 2.54. The smallest absolute Gasteiger partial charge is 0.0471 e. The fourth-order valence-electron chi connectivity index (χ4n) is 1.65. The molecule has 0 saturated heterocycles. The molecule has 0 unspecified atom stereocenters. The van der Waals surface area contributed by atoms with Gasteiger partial charge in [0, 0.05) is 6.61 Å². The van der Waals surface area contributed by atoms with Crippen molar-refractivity contribution in [3.63, 3.8) is 0 Å². The van der Waals surface area contributed by atoms with Crippen molar-refractivity contribution >= 4 is 0 Å². The molecule has 0 atom stereocenters. The van der Waals surface area contributed by atoms with E-state index in [1.54, 1.807) is 0 Å². The van der Waals surface area contributed by atoms with Gasteiger partial charge in [0.25, 0.3) is 0 Å². The molecule has 0 fully saturated rings. The van der Waals surface area contributed by atoms with Gasteiger partial charge in [-0.15, -0.1) is 0 Å². The second-order valence-electron chi connectivity index (χ2n) is 3.60. The summed E-state index contributed by atoms with van der Waals surface area (Å²) in [6.07, 6.45) is 5.63. The second kappa shape index (κ2) is 6.61. The van der Waals surface area contributed by atoms with Crippen LogP contribution in [-0.4, -0.2) is 11.7 Å². The van der Waals surface area contributed by atoms with Crippen LogP contribution >= 0.6 is 0 Å². The molecule has 0 spiro atoms. The zero-order chi connectivity index (χ0) is 10.2. The molecule has 77 valence electrons. The minimum atomic E-state index is 0.235. The summed E-state index contributed by atoms with van der Waals surface area (Å²) in [7, 11) is 0. The Hall–Kier alpha value is -0.820. The van der Waals surface area contributed by atoms with Crippen molar-refractivity contribution in [1.82, 2.24) is 0 Å². The Labute approximate surface area is 86.8 Å². The van der Waals surface area contributed by atoms with E-state index in [1.807, 2.05) is 12.1 Å². The maximum atomic E-state index is 8.90. The third-order valence-electron chi connectivity index (χ3n) is 2.45. The third kappa shape index (κ3) is 3.51. The highest BCUT2D eigenvalue weighted by atomic mass is 16.2. The van der Waals surface area contributed by atoms with Gasteiger partial charge in [0.05, 0.1) is 0 Å². The van der Waals surface area contributed by atoms with Gasteiger partial charge < -0.3 is 5.11 Å². The Morgan fingerprint density at radius 1 is 1.29 bits per heavy atom. The number of benzene rings is 1. The first-order valence-electron chi connectivity index (χ1n) is 5.47. The fourth-order valence-corrected chi connectivity index (χ4v) is 1.65.